The van der Waals surface area contributed by atoms with Crippen molar-refractivity contribution in [2.24, 2.45) is 10.2 Å². The lowest BCUT2D eigenvalue weighted by Crippen LogP contribution is -1.96. The van der Waals surface area contributed by atoms with Crippen molar-refractivity contribution in [3.05, 3.63) is 78.5 Å². The van der Waals surface area contributed by atoms with Gasteiger partial charge in [0.1, 0.15) is 5.75 Å². The van der Waals surface area contributed by atoms with Crippen LogP contribution in [0.5, 0.6) is 5.75 Å². The number of aryl methyl sites for hydroxylation is 1. The molecule has 0 spiro atoms. The number of aromatic nitrogens is 3. The van der Waals surface area contributed by atoms with Crippen LogP contribution in [-0.2, 0) is 0 Å². The molecule has 0 aliphatic carbocycles. The van der Waals surface area contributed by atoms with Crippen molar-refractivity contribution in [3.8, 4) is 17.0 Å². The Morgan fingerprint density at radius 3 is 2.48 bits per heavy atom. The molecule has 0 aliphatic heterocycles. The minimum Gasteiger partial charge on any atom is -0.497 e. The fourth-order valence-electron chi connectivity index (χ4n) is 3.49. The number of hydrogen-bond acceptors (Lipinski definition) is 6. The molecule has 0 atom stereocenters. The maximum absolute atomic E-state index is 6.17. The van der Waals surface area contributed by atoms with Gasteiger partial charge in [-0.25, -0.2) is 9.50 Å². The minimum atomic E-state index is 0.279. The molecule has 152 valence electrons. The van der Waals surface area contributed by atoms with E-state index in [0.29, 0.717) is 11.3 Å². The van der Waals surface area contributed by atoms with E-state index in [9.17, 15) is 0 Å². The Balaban J connectivity index is 1.58. The Morgan fingerprint density at radius 1 is 0.903 bits per heavy atom. The van der Waals surface area contributed by atoms with E-state index in [2.05, 4.69) is 32.4 Å². The second kappa shape index (κ2) is 7.53. The van der Waals surface area contributed by atoms with E-state index in [-0.39, 0.29) is 5.82 Å². The molecule has 0 bridgehead atoms. The molecule has 0 aliphatic rings. The first-order valence-electron chi connectivity index (χ1n) is 9.82. The van der Waals surface area contributed by atoms with E-state index in [1.807, 2.05) is 61.5 Å². The number of anilines is 1. The van der Waals surface area contributed by atoms with Gasteiger partial charge in [-0.05, 0) is 54.1 Å². The van der Waals surface area contributed by atoms with Gasteiger partial charge < -0.3 is 10.5 Å². The lowest BCUT2D eigenvalue weighted by molar-refractivity contribution is 0.415. The topological polar surface area (TPSA) is 90.2 Å². The second-order valence-corrected chi connectivity index (χ2v) is 7.26. The third kappa shape index (κ3) is 3.46. The highest BCUT2D eigenvalue weighted by Crippen LogP contribution is 2.32. The fraction of sp³-hybridized carbons (Fsp3) is 0.0833. The lowest BCUT2D eigenvalue weighted by Gasteiger charge is -2.07. The normalized spacial score (nSPS) is 11.5. The average Bonchev–Trinajstić information content (AvgIpc) is 3.13. The molecular formula is C24H20N6O. The zero-order valence-electron chi connectivity index (χ0n) is 17.1. The summed E-state index contributed by atoms with van der Waals surface area (Å²) in [5, 5.41) is 15.3. The highest BCUT2D eigenvalue weighted by atomic mass is 16.5. The zero-order valence-corrected chi connectivity index (χ0v) is 17.1. The summed E-state index contributed by atoms with van der Waals surface area (Å²) in [5.74, 6) is 1.11. The van der Waals surface area contributed by atoms with Gasteiger partial charge >= 0.3 is 0 Å². The van der Waals surface area contributed by atoms with E-state index in [4.69, 9.17) is 10.5 Å². The smallest absolute Gasteiger partial charge is 0.185 e. The summed E-state index contributed by atoms with van der Waals surface area (Å²) in [4.78, 5) is 4.45. The van der Waals surface area contributed by atoms with Gasteiger partial charge in [-0.15, -0.1) is 10.2 Å². The van der Waals surface area contributed by atoms with Crippen LogP contribution in [0.25, 0.3) is 27.7 Å². The van der Waals surface area contributed by atoms with Crippen LogP contribution in [0.1, 0.15) is 5.56 Å². The summed E-state index contributed by atoms with van der Waals surface area (Å²) in [5.41, 5.74) is 10.9. The molecule has 7 heteroatoms. The minimum absolute atomic E-state index is 0.279. The number of rotatable bonds is 4. The lowest BCUT2D eigenvalue weighted by atomic mass is 10.0. The molecule has 2 N–H and O–H groups in total. The van der Waals surface area contributed by atoms with Crippen molar-refractivity contribution < 1.29 is 4.74 Å². The third-order valence-corrected chi connectivity index (χ3v) is 5.16. The molecule has 0 unspecified atom stereocenters. The monoisotopic (exact) mass is 408 g/mol. The predicted molar refractivity (Wildman–Crippen MR) is 122 cm³/mol. The Morgan fingerprint density at radius 2 is 1.68 bits per heavy atom. The molecule has 0 fully saturated rings. The van der Waals surface area contributed by atoms with Crippen LogP contribution in [0, 0.1) is 6.92 Å². The van der Waals surface area contributed by atoms with Crippen LogP contribution >= 0.6 is 0 Å². The first-order chi connectivity index (χ1) is 15.1. The van der Waals surface area contributed by atoms with Gasteiger partial charge in [-0.3, -0.25) is 0 Å². The summed E-state index contributed by atoms with van der Waals surface area (Å²) < 4.78 is 7.03. The summed E-state index contributed by atoms with van der Waals surface area (Å²) in [6.07, 6.45) is 1.73. The predicted octanol–water partition coefficient (Wildman–Crippen LogP) is 5.86. The van der Waals surface area contributed by atoms with Crippen LogP contribution in [0.2, 0.25) is 0 Å². The van der Waals surface area contributed by atoms with Crippen LogP contribution < -0.4 is 10.5 Å². The number of nitrogens with zero attached hydrogens (tertiary/aromatic N) is 5. The largest absolute Gasteiger partial charge is 0.497 e. The van der Waals surface area contributed by atoms with Crippen molar-refractivity contribution in [2.45, 2.75) is 6.92 Å². The van der Waals surface area contributed by atoms with Gasteiger partial charge in [0, 0.05) is 11.8 Å². The van der Waals surface area contributed by atoms with Crippen molar-refractivity contribution in [3.63, 3.8) is 0 Å². The number of methoxy groups -OCH3 is 1. The summed E-state index contributed by atoms with van der Waals surface area (Å²) in [6.45, 7) is 2.03. The summed E-state index contributed by atoms with van der Waals surface area (Å²) >= 11 is 0. The number of nitrogens with two attached hydrogens (primary N) is 1. The zero-order chi connectivity index (χ0) is 21.4. The van der Waals surface area contributed by atoms with Crippen LogP contribution in [0.4, 0.5) is 17.2 Å². The standard InChI is InChI=1S/C24H20N6O/c1-15-3-8-19(9-4-15)27-28-22-23(25)29-30-21(11-12-26-24(22)30)18-6-5-17-14-20(31-2)10-7-16(17)13-18/h3-14H,1-2H3,(H2,25,29). The van der Waals surface area contributed by atoms with Crippen molar-refractivity contribution in [1.29, 1.82) is 0 Å². The molecular weight excluding hydrogens is 388 g/mol. The molecule has 5 aromatic rings. The van der Waals surface area contributed by atoms with Crippen LogP contribution in [0.3, 0.4) is 0 Å². The molecule has 2 aromatic heterocycles. The fourth-order valence-corrected chi connectivity index (χ4v) is 3.49. The number of azo groups is 1. The Labute approximate surface area is 178 Å². The first kappa shape index (κ1) is 18.7. The van der Waals surface area contributed by atoms with Gasteiger partial charge in [-0.1, -0.05) is 35.9 Å². The van der Waals surface area contributed by atoms with Crippen molar-refractivity contribution >= 4 is 33.6 Å². The molecule has 2 heterocycles. The average molecular weight is 408 g/mol. The maximum Gasteiger partial charge on any atom is 0.185 e. The second-order valence-electron chi connectivity index (χ2n) is 7.26. The number of ether oxygens (including phenoxy) is 1. The summed E-state index contributed by atoms with van der Waals surface area (Å²) in [7, 11) is 1.67. The van der Waals surface area contributed by atoms with E-state index in [1.165, 1.54) is 0 Å². The highest BCUT2D eigenvalue weighted by Gasteiger charge is 2.15. The van der Waals surface area contributed by atoms with Gasteiger partial charge in [-0.2, -0.15) is 5.11 Å². The van der Waals surface area contributed by atoms with E-state index >= 15 is 0 Å². The van der Waals surface area contributed by atoms with Gasteiger partial charge in [0.25, 0.3) is 0 Å². The molecule has 31 heavy (non-hydrogen) atoms. The van der Waals surface area contributed by atoms with Crippen LogP contribution in [0.15, 0.2) is 83.2 Å². The molecule has 3 aromatic carbocycles. The molecule has 0 radical (unpaired) electrons. The Bertz CT molecular complexity index is 1440. The quantitative estimate of drug-likeness (QED) is 0.377. The SMILES string of the molecule is COc1ccc2cc(-c3ccnc4c(N=Nc5ccc(C)cc5)c(N)nn34)ccc2c1. The van der Waals surface area contributed by atoms with Gasteiger partial charge in [0.15, 0.2) is 17.2 Å². The van der Waals surface area contributed by atoms with Crippen molar-refractivity contribution in [2.75, 3.05) is 12.8 Å². The third-order valence-electron chi connectivity index (χ3n) is 5.16. The van der Waals surface area contributed by atoms with E-state index < -0.39 is 0 Å². The highest BCUT2D eigenvalue weighted by molar-refractivity contribution is 5.88. The number of nitrogen functional groups attached to an aromatic ring is 1. The molecule has 5 rings (SSSR count). The Kier molecular flexibility index (Phi) is 4.55. The van der Waals surface area contributed by atoms with E-state index in [0.717, 1.165) is 39.0 Å². The number of benzene rings is 3. The number of hydrogen-bond donors (Lipinski definition) is 1. The van der Waals surface area contributed by atoms with E-state index in [1.54, 1.807) is 17.8 Å². The number of fused-ring (bicyclic) bond motifs is 2. The van der Waals surface area contributed by atoms with Gasteiger partial charge in [0.2, 0.25) is 0 Å². The van der Waals surface area contributed by atoms with Crippen molar-refractivity contribution in [1.82, 2.24) is 14.6 Å². The molecule has 0 amide bonds. The summed E-state index contributed by atoms with van der Waals surface area (Å²) in [6, 6.07) is 21.9. The Hall–Kier alpha value is -4.26. The molecule has 0 saturated heterocycles. The molecule has 0 saturated carbocycles. The molecule has 7 nitrogen and oxygen atoms in total. The van der Waals surface area contributed by atoms with Crippen LogP contribution in [-0.4, -0.2) is 21.7 Å². The van der Waals surface area contributed by atoms with Gasteiger partial charge in [0.05, 0.1) is 18.5 Å². The first-order valence-corrected chi connectivity index (χ1v) is 9.82. The maximum atomic E-state index is 6.17.